The standard InChI is InChI=1S/C12H23N5/c1-8-9(13)6-5-7-17(8)11-14-10(15-16-11)12(2,3)4/h8-9H,5-7,13H2,1-4H3,(H,14,15,16). The Balaban J connectivity index is 2.19. The Labute approximate surface area is 103 Å². The van der Waals surface area contributed by atoms with E-state index in [4.69, 9.17) is 5.73 Å². The highest BCUT2D eigenvalue weighted by Crippen LogP contribution is 2.24. The summed E-state index contributed by atoms with van der Waals surface area (Å²) < 4.78 is 0. The Morgan fingerprint density at radius 2 is 2.12 bits per heavy atom. The molecule has 0 saturated carbocycles. The lowest BCUT2D eigenvalue weighted by molar-refractivity contribution is 0.415. The van der Waals surface area contributed by atoms with Crippen molar-refractivity contribution in [1.82, 2.24) is 15.2 Å². The van der Waals surface area contributed by atoms with Crippen LogP contribution in [0, 0.1) is 0 Å². The van der Waals surface area contributed by atoms with Gasteiger partial charge in [-0.2, -0.15) is 4.98 Å². The van der Waals surface area contributed by atoms with Crippen LogP contribution in [0.15, 0.2) is 0 Å². The van der Waals surface area contributed by atoms with Gasteiger partial charge in [-0.3, -0.25) is 5.10 Å². The summed E-state index contributed by atoms with van der Waals surface area (Å²) in [5.74, 6) is 1.72. The van der Waals surface area contributed by atoms with E-state index >= 15 is 0 Å². The highest BCUT2D eigenvalue weighted by atomic mass is 15.4. The van der Waals surface area contributed by atoms with E-state index in [-0.39, 0.29) is 11.5 Å². The molecule has 1 aliphatic heterocycles. The lowest BCUT2D eigenvalue weighted by Crippen LogP contribution is -2.51. The molecule has 2 unspecified atom stereocenters. The molecule has 0 amide bonds. The first kappa shape index (κ1) is 12.4. The Morgan fingerprint density at radius 1 is 1.41 bits per heavy atom. The molecule has 2 heterocycles. The van der Waals surface area contributed by atoms with Crippen molar-refractivity contribution in [2.45, 2.75) is 58.0 Å². The summed E-state index contributed by atoms with van der Waals surface area (Å²) in [4.78, 5) is 6.80. The predicted molar refractivity (Wildman–Crippen MR) is 69.1 cm³/mol. The Bertz CT molecular complexity index is 378. The van der Waals surface area contributed by atoms with E-state index in [2.05, 4.69) is 47.8 Å². The third-order valence-electron chi connectivity index (χ3n) is 3.49. The first-order chi connectivity index (χ1) is 7.89. The van der Waals surface area contributed by atoms with E-state index in [0.29, 0.717) is 6.04 Å². The molecule has 1 aliphatic rings. The fraction of sp³-hybridized carbons (Fsp3) is 0.833. The number of nitrogens with two attached hydrogens (primary N) is 1. The van der Waals surface area contributed by atoms with Crippen LogP contribution in [0.25, 0.3) is 0 Å². The number of hydrogen-bond acceptors (Lipinski definition) is 4. The first-order valence-electron chi connectivity index (χ1n) is 6.34. The van der Waals surface area contributed by atoms with E-state index in [1.54, 1.807) is 0 Å². The highest BCUT2D eigenvalue weighted by Gasteiger charge is 2.29. The van der Waals surface area contributed by atoms with Gasteiger partial charge < -0.3 is 10.6 Å². The van der Waals surface area contributed by atoms with Crippen LogP contribution in [0.5, 0.6) is 0 Å². The van der Waals surface area contributed by atoms with E-state index in [9.17, 15) is 0 Å². The second-order valence-electron chi connectivity index (χ2n) is 5.97. The van der Waals surface area contributed by atoms with Crippen LogP contribution >= 0.6 is 0 Å². The molecular weight excluding hydrogens is 214 g/mol. The van der Waals surface area contributed by atoms with Gasteiger partial charge in [-0.1, -0.05) is 20.8 Å². The molecule has 2 atom stereocenters. The van der Waals surface area contributed by atoms with E-state index < -0.39 is 0 Å². The summed E-state index contributed by atoms with van der Waals surface area (Å²) in [6.45, 7) is 9.53. The molecule has 1 aromatic rings. The van der Waals surface area contributed by atoms with Crippen molar-refractivity contribution in [2.75, 3.05) is 11.4 Å². The molecule has 0 radical (unpaired) electrons. The number of hydrogen-bond donors (Lipinski definition) is 2. The molecule has 0 spiro atoms. The zero-order valence-electron chi connectivity index (χ0n) is 11.2. The number of anilines is 1. The number of rotatable bonds is 1. The highest BCUT2D eigenvalue weighted by molar-refractivity contribution is 5.33. The van der Waals surface area contributed by atoms with Gasteiger partial charge in [-0.25, -0.2) is 0 Å². The number of aromatic amines is 1. The Kier molecular flexibility index (Phi) is 3.12. The number of piperidine rings is 1. The maximum absolute atomic E-state index is 6.09. The smallest absolute Gasteiger partial charge is 0.245 e. The molecule has 1 saturated heterocycles. The molecule has 1 fully saturated rings. The maximum Gasteiger partial charge on any atom is 0.245 e. The normalized spacial score (nSPS) is 26.3. The summed E-state index contributed by atoms with van der Waals surface area (Å²) in [5, 5.41) is 7.36. The van der Waals surface area contributed by atoms with Crippen LogP contribution < -0.4 is 10.6 Å². The fourth-order valence-corrected chi connectivity index (χ4v) is 2.17. The van der Waals surface area contributed by atoms with Crippen molar-refractivity contribution in [3.63, 3.8) is 0 Å². The largest absolute Gasteiger partial charge is 0.335 e. The minimum atomic E-state index is 0.00634. The zero-order chi connectivity index (χ0) is 12.6. The van der Waals surface area contributed by atoms with Crippen molar-refractivity contribution < 1.29 is 0 Å². The van der Waals surface area contributed by atoms with Gasteiger partial charge in [0.2, 0.25) is 5.95 Å². The molecule has 0 aromatic carbocycles. The fourth-order valence-electron chi connectivity index (χ4n) is 2.17. The van der Waals surface area contributed by atoms with Crippen LogP contribution in [0.3, 0.4) is 0 Å². The zero-order valence-corrected chi connectivity index (χ0v) is 11.2. The summed E-state index contributed by atoms with van der Waals surface area (Å²) >= 11 is 0. The van der Waals surface area contributed by atoms with Crippen LogP contribution in [0.4, 0.5) is 5.95 Å². The lowest BCUT2D eigenvalue weighted by atomic mass is 9.96. The average Bonchev–Trinajstić information content (AvgIpc) is 2.70. The van der Waals surface area contributed by atoms with Crippen molar-refractivity contribution >= 4 is 5.95 Å². The first-order valence-corrected chi connectivity index (χ1v) is 6.34. The van der Waals surface area contributed by atoms with Crippen molar-refractivity contribution in [2.24, 2.45) is 5.73 Å². The van der Waals surface area contributed by atoms with Crippen LogP contribution in [-0.4, -0.2) is 33.8 Å². The van der Waals surface area contributed by atoms with E-state index in [1.807, 2.05) is 0 Å². The molecule has 5 heteroatoms. The number of aromatic nitrogens is 3. The summed E-state index contributed by atoms with van der Waals surface area (Å²) in [6.07, 6.45) is 2.21. The topological polar surface area (TPSA) is 70.8 Å². The second-order valence-corrected chi connectivity index (χ2v) is 5.97. The SMILES string of the molecule is CC1C(N)CCCN1c1n[nH]c(C(C)(C)C)n1. The summed E-state index contributed by atoms with van der Waals surface area (Å²) in [7, 11) is 0. The molecule has 3 N–H and O–H groups in total. The van der Waals surface area contributed by atoms with Gasteiger partial charge >= 0.3 is 0 Å². The van der Waals surface area contributed by atoms with Crippen LogP contribution in [0.2, 0.25) is 0 Å². The predicted octanol–water partition coefficient (Wildman–Crippen LogP) is 1.42. The number of H-pyrrole nitrogens is 1. The van der Waals surface area contributed by atoms with Gasteiger partial charge in [-0.15, -0.1) is 5.10 Å². The van der Waals surface area contributed by atoms with Crippen molar-refractivity contribution in [3.8, 4) is 0 Å². The van der Waals surface area contributed by atoms with Gasteiger partial charge in [-0.05, 0) is 19.8 Å². The van der Waals surface area contributed by atoms with Gasteiger partial charge in [0.15, 0.2) is 0 Å². The van der Waals surface area contributed by atoms with Gasteiger partial charge in [0.25, 0.3) is 0 Å². The Morgan fingerprint density at radius 3 is 2.71 bits per heavy atom. The number of nitrogens with zero attached hydrogens (tertiary/aromatic N) is 3. The number of nitrogens with one attached hydrogen (secondary N) is 1. The van der Waals surface area contributed by atoms with Crippen LogP contribution in [0.1, 0.15) is 46.4 Å². The Hall–Kier alpha value is -1.10. The van der Waals surface area contributed by atoms with Crippen molar-refractivity contribution in [3.05, 3.63) is 5.82 Å². The monoisotopic (exact) mass is 237 g/mol. The van der Waals surface area contributed by atoms with E-state index in [1.165, 1.54) is 0 Å². The molecule has 17 heavy (non-hydrogen) atoms. The molecular formula is C12H23N5. The third kappa shape index (κ3) is 2.44. The molecule has 0 bridgehead atoms. The lowest BCUT2D eigenvalue weighted by Gasteiger charge is -2.36. The molecule has 2 rings (SSSR count). The van der Waals surface area contributed by atoms with Crippen molar-refractivity contribution in [1.29, 1.82) is 0 Å². The van der Waals surface area contributed by atoms with Gasteiger partial charge in [0.05, 0.1) is 0 Å². The maximum atomic E-state index is 6.09. The average molecular weight is 237 g/mol. The minimum Gasteiger partial charge on any atom is -0.335 e. The van der Waals surface area contributed by atoms with Gasteiger partial charge in [0, 0.05) is 24.0 Å². The van der Waals surface area contributed by atoms with Crippen LogP contribution in [-0.2, 0) is 5.41 Å². The molecule has 96 valence electrons. The third-order valence-corrected chi connectivity index (χ3v) is 3.49. The molecule has 5 nitrogen and oxygen atoms in total. The minimum absolute atomic E-state index is 0.00634. The van der Waals surface area contributed by atoms with E-state index in [0.717, 1.165) is 31.2 Å². The summed E-state index contributed by atoms with van der Waals surface area (Å²) in [5.41, 5.74) is 6.10. The quantitative estimate of drug-likeness (QED) is 0.775. The molecule has 1 aromatic heterocycles. The van der Waals surface area contributed by atoms with Gasteiger partial charge in [0.1, 0.15) is 5.82 Å². The molecule has 0 aliphatic carbocycles. The summed E-state index contributed by atoms with van der Waals surface area (Å²) in [6, 6.07) is 0.535. The second kappa shape index (κ2) is 4.29.